The summed E-state index contributed by atoms with van der Waals surface area (Å²) in [6, 6.07) is 9.56. The summed E-state index contributed by atoms with van der Waals surface area (Å²) < 4.78 is 0.938. The van der Waals surface area contributed by atoms with Crippen molar-refractivity contribution in [2.24, 2.45) is 0 Å². The van der Waals surface area contributed by atoms with Crippen molar-refractivity contribution in [3.8, 4) is 0 Å². The van der Waals surface area contributed by atoms with Gasteiger partial charge in [-0.25, -0.2) is 9.97 Å². The molecule has 2 aromatic heterocycles. The molecule has 0 saturated carbocycles. The predicted octanol–water partition coefficient (Wildman–Crippen LogP) is 3.86. The smallest absolute Gasteiger partial charge is 0.312 e. The van der Waals surface area contributed by atoms with Crippen LogP contribution in [0.15, 0.2) is 46.5 Å². The van der Waals surface area contributed by atoms with E-state index in [9.17, 15) is 9.90 Å². The summed E-state index contributed by atoms with van der Waals surface area (Å²) in [7, 11) is 0. The van der Waals surface area contributed by atoms with Gasteiger partial charge in [0, 0.05) is 9.86 Å². The summed E-state index contributed by atoms with van der Waals surface area (Å²) in [6.45, 7) is 0. The number of aromatic nitrogens is 2. The molecule has 0 aliphatic carbocycles. The van der Waals surface area contributed by atoms with E-state index in [2.05, 4.69) is 25.9 Å². The maximum Gasteiger partial charge on any atom is 0.312 e. The zero-order valence-electron chi connectivity index (χ0n) is 10.9. The molecule has 1 aromatic carbocycles. The van der Waals surface area contributed by atoms with E-state index < -0.39 is 11.9 Å². The summed E-state index contributed by atoms with van der Waals surface area (Å²) in [5.41, 5.74) is 1.53. The van der Waals surface area contributed by atoms with Crippen molar-refractivity contribution in [3.05, 3.63) is 57.8 Å². The number of carbonyl (C=O) groups is 1. The molecule has 0 aliphatic heterocycles. The Morgan fingerprint density at radius 1 is 1.33 bits per heavy atom. The number of thiophene rings is 1. The van der Waals surface area contributed by atoms with Crippen molar-refractivity contribution in [3.63, 3.8) is 0 Å². The van der Waals surface area contributed by atoms with E-state index in [0.29, 0.717) is 12.1 Å². The van der Waals surface area contributed by atoms with Gasteiger partial charge in [-0.3, -0.25) is 4.79 Å². The number of benzene rings is 1. The molecule has 3 rings (SSSR count). The Labute approximate surface area is 133 Å². The molecule has 21 heavy (non-hydrogen) atoms. The monoisotopic (exact) mass is 362 g/mol. The summed E-state index contributed by atoms with van der Waals surface area (Å²) in [4.78, 5) is 20.9. The fourth-order valence-electron chi connectivity index (χ4n) is 2.29. The summed E-state index contributed by atoms with van der Waals surface area (Å²) in [5, 5.41) is 12.3. The lowest BCUT2D eigenvalue weighted by atomic mass is 9.94. The first-order valence-corrected chi connectivity index (χ1v) is 7.98. The van der Waals surface area contributed by atoms with Crippen molar-refractivity contribution in [1.82, 2.24) is 9.97 Å². The van der Waals surface area contributed by atoms with Crippen molar-refractivity contribution in [1.29, 1.82) is 0 Å². The first-order valence-electron chi connectivity index (χ1n) is 6.30. The molecule has 0 amide bonds. The largest absolute Gasteiger partial charge is 0.481 e. The van der Waals surface area contributed by atoms with Gasteiger partial charge in [0.1, 0.15) is 17.1 Å². The van der Waals surface area contributed by atoms with Gasteiger partial charge >= 0.3 is 5.97 Å². The highest BCUT2D eigenvalue weighted by atomic mass is 79.9. The Morgan fingerprint density at radius 3 is 2.95 bits per heavy atom. The molecule has 0 saturated heterocycles. The first-order chi connectivity index (χ1) is 10.1. The second-order valence-corrected chi connectivity index (χ2v) is 6.43. The zero-order chi connectivity index (χ0) is 14.8. The van der Waals surface area contributed by atoms with Crippen molar-refractivity contribution < 1.29 is 9.90 Å². The standard InChI is InChI=1S/C15H11BrN2O2S/c16-10-3-1-2-9(6-10)7-12(15(19)20)13-11-4-5-21-14(11)18-8-17-13/h1-6,8,12H,7H2,(H,19,20). The molecule has 106 valence electrons. The molecule has 1 N–H and O–H groups in total. The maximum absolute atomic E-state index is 11.7. The van der Waals surface area contributed by atoms with Gasteiger partial charge in [0.25, 0.3) is 0 Å². The number of aliphatic carboxylic acids is 1. The third-order valence-electron chi connectivity index (χ3n) is 3.25. The van der Waals surface area contributed by atoms with Gasteiger partial charge in [-0.2, -0.15) is 0 Å². The van der Waals surface area contributed by atoms with E-state index in [1.54, 1.807) is 0 Å². The molecular weight excluding hydrogens is 352 g/mol. The Hall–Kier alpha value is -1.79. The molecule has 6 heteroatoms. The predicted molar refractivity (Wildman–Crippen MR) is 85.6 cm³/mol. The Morgan fingerprint density at radius 2 is 2.19 bits per heavy atom. The second kappa shape index (κ2) is 5.91. The van der Waals surface area contributed by atoms with Crippen molar-refractivity contribution in [2.75, 3.05) is 0 Å². The van der Waals surface area contributed by atoms with Crippen LogP contribution in [0.4, 0.5) is 0 Å². The van der Waals surface area contributed by atoms with Crippen LogP contribution in [0, 0.1) is 0 Å². The highest BCUT2D eigenvalue weighted by molar-refractivity contribution is 9.10. The molecule has 4 nitrogen and oxygen atoms in total. The highest BCUT2D eigenvalue weighted by Crippen LogP contribution is 2.29. The van der Waals surface area contributed by atoms with E-state index in [4.69, 9.17) is 0 Å². The van der Waals surface area contributed by atoms with E-state index in [-0.39, 0.29) is 0 Å². The average Bonchev–Trinajstić information content (AvgIpc) is 2.93. The van der Waals surface area contributed by atoms with Crippen LogP contribution in [0.25, 0.3) is 10.2 Å². The molecule has 3 aromatic rings. The Bertz CT molecular complexity index is 803. The number of hydrogen-bond acceptors (Lipinski definition) is 4. The topological polar surface area (TPSA) is 63.1 Å². The van der Waals surface area contributed by atoms with Crippen molar-refractivity contribution >= 4 is 43.5 Å². The van der Waals surface area contributed by atoms with Crippen LogP contribution in [0.1, 0.15) is 17.2 Å². The van der Waals surface area contributed by atoms with Crippen LogP contribution >= 0.6 is 27.3 Å². The van der Waals surface area contributed by atoms with E-state index in [0.717, 1.165) is 20.3 Å². The first kappa shape index (κ1) is 14.2. The van der Waals surface area contributed by atoms with E-state index in [1.807, 2.05) is 35.7 Å². The lowest BCUT2D eigenvalue weighted by Gasteiger charge is -2.13. The van der Waals surface area contributed by atoms with Crippen LogP contribution in [0.5, 0.6) is 0 Å². The average molecular weight is 363 g/mol. The normalized spacial score (nSPS) is 12.4. The molecular formula is C15H11BrN2O2S. The minimum Gasteiger partial charge on any atom is -0.481 e. The number of carboxylic acids is 1. The van der Waals surface area contributed by atoms with Gasteiger partial charge in [-0.15, -0.1) is 11.3 Å². The Kier molecular flexibility index (Phi) is 3.98. The molecule has 2 heterocycles. The second-order valence-electron chi connectivity index (χ2n) is 4.62. The van der Waals surface area contributed by atoms with Crippen LogP contribution in [-0.2, 0) is 11.2 Å². The van der Waals surface area contributed by atoms with Gasteiger partial charge in [0.2, 0.25) is 0 Å². The van der Waals surface area contributed by atoms with Gasteiger partial charge in [-0.05, 0) is 35.6 Å². The van der Waals surface area contributed by atoms with Gasteiger partial charge in [0.05, 0.1) is 5.69 Å². The van der Waals surface area contributed by atoms with Gasteiger partial charge < -0.3 is 5.11 Å². The van der Waals surface area contributed by atoms with Crippen LogP contribution in [0.2, 0.25) is 0 Å². The summed E-state index contributed by atoms with van der Waals surface area (Å²) in [5.74, 6) is -1.56. The molecule has 0 radical (unpaired) electrons. The van der Waals surface area contributed by atoms with Gasteiger partial charge in [-0.1, -0.05) is 28.1 Å². The molecule has 0 fully saturated rings. The van der Waals surface area contributed by atoms with Crippen LogP contribution in [-0.4, -0.2) is 21.0 Å². The minimum atomic E-state index is -0.874. The number of rotatable bonds is 4. The van der Waals surface area contributed by atoms with E-state index in [1.165, 1.54) is 17.7 Å². The third kappa shape index (κ3) is 2.96. The molecule has 0 bridgehead atoms. The fourth-order valence-corrected chi connectivity index (χ4v) is 3.47. The summed E-state index contributed by atoms with van der Waals surface area (Å²) >= 11 is 4.90. The van der Waals surface area contributed by atoms with Crippen molar-refractivity contribution in [2.45, 2.75) is 12.3 Å². The SMILES string of the molecule is O=C(O)C(Cc1cccc(Br)c1)c1ncnc2sccc12. The lowest BCUT2D eigenvalue weighted by molar-refractivity contribution is -0.138. The van der Waals surface area contributed by atoms with Crippen LogP contribution in [0.3, 0.4) is 0 Å². The zero-order valence-corrected chi connectivity index (χ0v) is 13.3. The quantitative estimate of drug-likeness (QED) is 0.765. The molecule has 1 unspecified atom stereocenters. The molecule has 0 aliphatic rings. The fraction of sp³-hybridized carbons (Fsp3) is 0.133. The number of hydrogen-bond donors (Lipinski definition) is 1. The molecule has 1 atom stereocenters. The lowest BCUT2D eigenvalue weighted by Crippen LogP contribution is -2.16. The molecule has 0 spiro atoms. The maximum atomic E-state index is 11.7. The number of nitrogens with zero attached hydrogens (tertiary/aromatic N) is 2. The summed E-state index contributed by atoms with van der Waals surface area (Å²) in [6.07, 6.45) is 1.84. The highest BCUT2D eigenvalue weighted by Gasteiger charge is 2.24. The minimum absolute atomic E-state index is 0.400. The van der Waals surface area contributed by atoms with Crippen LogP contribution < -0.4 is 0 Å². The third-order valence-corrected chi connectivity index (χ3v) is 4.56. The Balaban J connectivity index is 2.02. The van der Waals surface area contributed by atoms with E-state index >= 15 is 0 Å². The number of halogens is 1. The van der Waals surface area contributed by atoms with Gasteiger partial charge in [0.15, 0.2) is 0 Å². The number of carboxylic acid groups (broad SMARTS) is 1. The number of fused-ring (bicyclic) bond motifs is 1.